The van der Waals surface area contributed by atoms with Gasteiger partial charge in [-0.2, -0.15) is 5.10 Å². The molecule has 39 heavy (non-hydrogen) atoms. The molecule has 0 saturated heterocycles. The molecule has 0 radical (unpaired) electrons. The number of carbonyl (C=O) groups excluding carboxylic acids is 1. The van der Waals surface area contributed by atoms with E-state index in [1.54, 1.807) is 48.1 Å². The van der Waals surface area contributed by atoms with Gasteiger partial charge in [0.25, 0.3) is 5.91 Å². The van der Waals surface area contributed by atoms with Crippen molar-refractivity contribution in [3.05, 3.63) is 87.0 Å². The van der Waals surface area contributed by atoms with Gasteiger partial charge in [0, 0.05) is 58.7 Å². The number of pyridine rings is 1. The molecule has 1 saturated carbocycles. The minimum atomic E-state index is -2.56. The lowest BCUT2D eigenvalue weighted by molar-refractivity contribution is 0.0965. The molecule has 202 valence electrons. The molecule has 1 aliphatic carbocycles. The molecule has 13 heteroatoms. The summed E-state index contributed by atoms with van der Waals surface area (Å²) in [5, 5.41) is 26.9. The summed E-state index contributed by atoms with van der Waals surface area (Å²) < 4.78 is 27.4. The maximum Gasteiger partial charge on any atom is 0.489 e. The summed E-state index contributed by atoms with van der Waals surface area (Å²) in [6.07, 6.45) is 3.72. The van der Waals surface area contributed by atoms with Crippen molar-refractivity contribution < 1.29 is 23.6 Å². The van der Waals surface area contributed by atoms with Crippen molar-refractivity contribution in [2.24, 2.45) is 0 Å². The third kappa shape index (κ3) is 5.90. The number of hydrogen-bond donors (Lipinski definition) is 3. The van der Waals surface area contributed by atoms with E-state index in [1.165, 1.54) is 16.4 Å². The molecule has 1 aliphatic rings. The van der Waals surface area contributed by atoms with E-state index >= 15 is 0 Å². The molecule has 0 bridgehead atoms. The zero-order chi connectivity index (χ0) is 27.8. The first-order valence-corrected chi connectivity index (χ1v) is 14.0. The molecule has 0 aliphatic heterocycles. The Kier molecular flexibility index (Phi) is 8.11. The summed E-state index contributed by atoms with van der Waals surface area (Å²) in [5.74, 6) is -0.0156. The average molecular weight is 586 g/mol. The van der Waals surface area contributed by atoms with E-state index < -0.39 is 18.4 Å². The topological polar surface area (TPSA) is 130 Å². The van der Waals surface area contributed by atoms with Crippen LogP contribution in [0.4, 0.5) is 0 Å². The molecule has 3 N–H and O–H groups in total. The molecule has 9 nitrogen and oxygen atoms in total. The van der Waals surface area contributed by atoms with E-state index in [2.05, 4.69) is 5.32 Å². The van der Waals surface area contributed by atoms with Gasteiger partial charge in [-0.1, -0.05) is 47.5 Å². The lowest BCUT2D eigenvalue weighted by atomic mass is 9.80. The fourth-order valence-electron chi connectivity index (χ4n) is 4.64. The number of nitrogens with one attached hydrogen (secondary N) is 1. The minimum Gasteiger partial charge on any atom is -0.760 e. The highest BCUT2D eigenvalue weighted by Crippen LogP contribution is 2.43. The predicted octanol–water partition coefficient (Wildman–Crippen LogP) is 3.02. The fourth-order valence-corrected chi connectivity index (χ4v) is 5.57. The number of rotatable bonds is 9. The Bertz CT molecular complexity index is 1580. The Morgan fingerprint density at radius 2 is 1.90 bits per heavy atom. The Morgan fingerprint density at radius 3 is 2.49 bits per heavy atom. The smallest absolute Gasteiger partial charge is 0.489 e. The van der Waals surface area contributed by atoms with E-state index in [1.807, 2.05) is 6.07 Å². The standard InChI is InChI=1S/C26H25BCl2N4O5S/c1-30-26(34)24-23-11-20(16-3-4-16)18(14-33(23)31-25(24)17-5-7-19(28)8-6-17)13-32(39(37)38)12-15-2-9-21(27(35)36)22(29)10-15/h2,5-11,14,16,35-36H,3-4,12-13H2,1H3,(H,30,34)(H,37,38)/p-1. The first-order chi connectivity index (χ1) is 18.7. The predicted molar refractivity (Wildman–Crippen MR) is 150 cm³/mol. The molecule has 5 rings (SSSR count). The average Bonchev–Trinajstić information content (AvgIpc) is 3.68. The van der Waals surface area contributed by atoms with Crippen molar-refractivity contribution in [1.82, 2.24) is 19.2 Å². The highest BCUT2D eigenvalue weighted by molar-refractivity contribution is 7.76. The molecular weight excluding hydrogens is 562 g/mol. The Morgan fingerprint density at radius 1 is 1.18 bits per heavy atom. The zero-order valence-electron chi connectivity index (χ0n) is 20.8. The van der Waals surface area contributed by atoms with Gasteiger partial charge in [-0.25, -0.2) is 8.82 Å². The SMILES string of the molecule is CNC(=O)c1c(-c2ccc(Cl)cc2)nn2cc(CN(Cc3ccc(B(O)O)c(Cl)c3)S(=O)[O-])c(C3CC3)cc12. The Labute approximate surface area is 237 Å². The number of benzene rings is 2. The van der Waals surface area contributed by atoms with E-state index in [4.69, 9.17) is 28.3 Å². The number of nitrogens with zero attached hydrogens (tertiary/aromatic N) is 3. The van der Waals surface area contributed by atoms with Crippen LogP contribution in [0.5, 0.6) is 0 Å². The second-order valence-electron chi connectivity index (χ2n) is 9.41. The summed E-state index contributed by atoms with van der Waals surface area (Å²) in [7, 11) is -0.162. The third-order valence-electron chi connectivity index (χ3n) is 6.74. The number of halogens is 2. The van der Waals surface area contributed by atoms with E-state index in [9.17, 15) is 23.6 Å². The number of amides is 1. The number of hydrogen-bond acceptors (Lipinski definition) is 6. The van der Waals surface area contributed by atoms with Crippen molar-refractivity contribution in [3.8, 4) is 11.3 Å². The highest BCUT2D eigenvalue weighted by atomic mass is 35.5. The Hall–Kier alpha value is -2.77. The van der Waals surface area contributed by atoms with Gasteiger partial charge in [-0.3, -0.25) is 9.00 Å². The molecule has 2 aromatic carbocycles. The van der Waals surface area contributed by atoms with Crippen molar-refractivity contribution in [2.45, 2.75) is 31.8 Å². The van der Waals surface area contributed by atoms with Crippen LogP contribution >= 0.6 is 23.2 Å². The van der Waals surface area contributed by atoms with Crippen LogP contribution in [0.15, 0.2) is 54.7 Å². The van der Waals surface area contributed by atoms with Gasteiger partial charge in [-0.15, -0.1) is 0 Å². The van der Waals surface area contributed by atoms with Gasteiger partial charge in [-0.05, 0) is 59.7 Å². The van der Waals surface area contributed by atoms with Crippen LogP contribution in [-0.2, 0) is 24.4 Å². The first kappa shape index (κ1) is 27.8. The Balaban J connectivity index is 1.55. The maximum atomic E-state index is 13.0. The molecule has 1 unspecified atom stereocenters. The van der Waals surface area contributed by atoms with Crippen molar-refractivity contribution in [3.63, 3.8) is 0 Å². The van der Waals surface area contributed by atoms with Crippen LogP contribution < -0.4 is 10.8 Å². The van der Waals surface area contributed by atoms with Gasteiger partial charge in [0.05, 0.1) is 11.1 Å². The highest BCUT2D eigenvalue weighted by Gasteiger charge is 2.30. The van der Waals surface area contributed by atoms with Crippen LogP contribution in [0, 0.1) is 0 Å². The molecule has 0 spiro atoms. The number of fused-ring (bicyclic) bond motifs is 1. The lowest BCUT2D eigenvalue weighted by Gasteiger charge is -2.26. The summed E-state index contributed by atoms with van der Waals surface area (Å²) in [6, 6.07) is 13.6. The molecule has 4 aromatic rings. The minimum absolute atomic E-state index is 0.0262. The molecule has 1 fully saturated rings. The largest absolute Gasteiger partial charge is 0.760 e. The fraction of sp³-hybridized carbons (Fsp3) is 0.231. The van der Waals surface area contributed by atoms with Crippen molar-refractivity contribution >= 4 is 58.5 Å². The molecular formula is C26H24BCl2N4O5S-. The van der Waals surface area contributed by atoms with E-state index in [0.717, 1.165) is 29.5 Å². The second kappa shape index (κ2) is 11.4. The van der Waals surface area contributed by atoms with Gasteiger partial charge >= 0.3 is 7.12 Å². The van der Waals surface area contributed by atoms with Crippen molar-refractivity contribution in [2.75, 3.05) is 7.05 Å². The van der Waals surface area contributed by atoms with Crippen LogP contribution in [0.3, 0.4) is 0 Å². The quantitative estimate of drug-likeness (QED) is 0.204. The first-order valence-electron chi connectivity index (χ1n) is 12.2. The number of carbonyl (C=O) groups is 1. The monoisotopic (exact) mass is 585 g/mol. The van der Waals surface area contributed by atoms with Gasteiger partial charge in [0.2, 0.25) is 0 Å². The third-order valence-corrected chi connectivity index (χ3v) is 8.00. The van der Waals surface area contributed by atoms with Gasteiger partial charge in [0.15, 0.2) is 0 Å². The summed E-state index contributed by atoms with van der Waals surface area (Å²) in [4.78, 5) is 13.0. The van der Waals surface area contributed by atoms with E-state index in [0.29, 0.717) is 27.4 Å². The van der Waals surface area contributed by atoms with Crippen LogP contribution in [0.1, 0.15) is 45.8 Å². The van der Waals surface area contributed by atoms with Crippen molar-refractivity contribution in [1.29, 1.82) is 0 Å². The normalized spacial score (nSPS) is 14.1. The van der Waals surface area contributed by atoms with Gasteiger partial charge < -0.3 is 19.9 Å². The molecule has 2 aromatic heterocycles. The molecule has 2 heterocycles. The second-order valence-corrected chi connectivity index (χ2v) is 11.2. The summed E-state index contributed by atoms with van der Waals surface area (Å²) >= 11 is 9.66. The van der Waals surface area contributed by atoms with Crippen LogP contribution in [0.25, 0.3) is 16.8 Å². The van der Waals surface area contributed by atoms with Crippen LogP contribution in [-0.4, -0.2) is 52.8 Å². The summed E-state index contributed by atoms with van der Waals surface area (Å²) in [6.45, 7) is 0.101. The molecule has 1 atom stereocenters. The zero-order valence-corrected chi connectivity index (χ0v) is 23.1. The maximum absolute atomic E-state index is 13.0. The van der Waals surface area contributed by atoms with Gasteiger partial charge in [0.1, 0.15) is 5.69 Å². The summed E-state index contributed by atoms with van der Waals surface area (Å²) in [5.41, 5.74) is 4.76. The van der Waals surface area contributed by atoms with Crippen LogP contribution in [0.2, 0.25) is 10.0 Å². The van der Waals surface area contributed by atoms with E-state index in [-0.39, 0.29) is 35.4 Å². The number of aromatic nitrogens is 2. The lowest BCUT2D eigenvalue weighted by Crippen LogP contribution is -2.31. The molecule has 1 amide bonds.